The van der Waals surface area contributed by atoms with E-state index in [0.717, 1.165) is 23.5 Å². The Balaban J connectivity index is 1.96. The molecule has 0 saturated carbocycles. The maximum atomic E-state index is 12.5. The average molecular weight is 276 g/mol. The van der Waals surface area contributed by atoms with Gasteiger partial charge in [-0.25, -0.2) is 4.98 Å². The minimum atomic E-state index is -4.36. The van der Waals surface area contributed by atoms with Crippen molar-refractivity contribution < 1.29 is 13.2 Å². The molecule has 3 rings (SSSR count). The van der Waals surface area contributed by atoms with Gasteiger partial charge >= 0.3 is 6.18 Å². The highest BCUT2D eigenvalue weighted by molar-refractivity contribution is 5.76. The Hall–Kier alpha value is -2.30. The van der Waals surface area contributed by atoms with Gasteiger partial charge in [0.1, 0.15) is 5.82 Å². The van der Waals surface area contributed by atoms with Gasteiger partial charge in [-0.15, -0.1) is 0 Å². The summed E-state index contributed by atoms with van der Waals surface area (Å²) in [6.07, 6.45) is 0.471. The van der Waals surface area contributed by atoms with E-state index in [1.54, 1.807) is 0 Å². The van der Waals surface area contributed by atoms with E-state index in [0.29, 0.717) is 12.4 Å². The molecule has 0 N–H and O–H groups in total. The molecule has 1 aromatic heterocycles. The molecule has 1 aromatic carbocycles. The van der Waals surface area contributed by atoms with Crippen molar-refractivity contribution in [2.75, 3.05) is 11.4 Å². The lowest BCUT2D eigenvalue weighted by Gasteiger charge is -2.27. The lowest BCUT2D eigenvalue weighted by molar-refractivity contribution is -0.137. The molecular formula is C15H11F3N2. The average Bonchev–Trinajstić information content (AvgIpc) is 2.46. The predicted octanol–water partition coefficient (Wildman–Crippen LogP) is 4.27. The van der Waals surface area contributed by atoms with E-state index in [1.165, 1.54) is 6.07 Å². The zero-order valence-corrected chi connectivity index (χ0v) is 10.4. The number of hydrogen-bond acceptors (Lipinski definition) is 2. The van der Waals surface area contributed by atoms with Gasteiger partial charge in [0.15, 0.2) is 0 Å². The number of benzene rings is 1. The quantitative estimate of drug-likeness (QED) is 0.773. The number of halogens is 3. The van der Waals surface area contributed by atoms with Gasteiger partial charge in [0.25, 0.3) is 0 Å². The molecule has 1 aliphatic heterocycles. The Morgan fingerprint density at radius 1 is 1.05 bits per heavy atom. The van der Waals surface area contributed by atoms with Crippen LogP contribution >= 0.6 is 0 Å². The van der Waals surface area contributed by atoms with E-state index < -0.39 is 11.7 Å². The number of hydrogen-bond donors (Lipinski definition) is 0. The largest absolute Gasteiger partial charge is 0.417 e. The van der Waals surface area contributed by atoms with E-state index in [9.17, 15) is 13.2 Å². The zero-order valence-electron chi connectivity index (χ0n) is 10.4. The first kappa shape index (κ1) is 12.7. The SMILES string of the molecule is FC(F)(F)c1ccc(N2CC=Cc3ccccc32)nc1. The van der Waals surface area contributed by atoms with Crippen molar-refractivity contribution in [2.45, 2.75) is 6.18 Å². The number of para-hydroxylation sites is 1. The second kappa shape index (κ2) is 4.67. The minimum absolute atomic E-state index is 0.509. The minimum Gasteiger partial charge on any atom is -0.322 e. The fourth-order valence-corrected chi connectivity index (χ4v) is 2.19. The first-order chi connectivity index (χ1) is 9.55. The van der Waals surface area contributed by atoms with Gasteiger partial charge in [0.05, 0.1) is 5.56 Å². The second-order valence-corrected chi connectivity index (χ2v) is 4.47. The zero-order chi connectivity index (χ0) is 14.2. The molecule has 0 spiro atoms. The van der Waals surface area contributed by atoms with Gasteiger partial charge in [-0.1, -0.05) is 30.4 Å². The molecule has 0 saturated heterocycles. The molecule has 20 heavy (non-hydrogen) atoms. The Morgan fingerprint density at radius 3 is 2.55 bits per heavy atom. The number of fused-ring (bicyclic) bond motifs is 1. The molecule has 2 nitrogen and oxygen atoms in total. The third kappa shape index (κ3) is 2.27. The molecule has 0 bridgehead atoms. The van der Waals surface area contributed by atoms with Crippen LogP contribution in [-0.4, -0.2) is 11.5 Å². The Bertz CT molecular complexity index is 645. The summed E-state index contributed by atoms with van der Waals surface area (Å²) in [6.45, 7) is 0.593. The van der Waals surface area contributed by atoms with Crippen LogP contribution in [0.1, 0.15) is 11.1 Å². The van der Waals surface area contributed by atoms with Crippen molar-refractivity contribution in [2.24, 2.45) is 0 Å². The highest BCUT2D eigenvalue weighted by Crippen LogP contribution is 2.33. The van der Waals surface area contributed by atoms with E-state index in [4.69, 9.17) is 0 Å². The van der Waals surface area contributed by atoms with Gasteiger partial charge in [0.2, 0.25) is 0 Å². The van der Waals surface area contributed by atoms with Crippen LogP contribution in [0.4, 0.5) is 24.7 Å². The van der Waals surface area contributed by atoms with Crippen LogP contribution in [0.2, 0.25) is 0 Å². The second-order valence-electron chi connectivity index (χ2n) is 4.47. The molecule has 0 unspecified atom stereocenters. The van der Waals surface area contributed by atoms with Crippen molar-refractivity contribution in [1.82, 2.24) is 4.98 Å². The topological polar surface area (TPSA) is 16.1 Å². The van der Waals surface area contributed by atoms with E-state index >= 15 is 0 Å². The van der Waals surface area contributed by atoms with Crippen molar-refractivity contribution in [3.63, 3.8) is 0 Å². The molecule has 0 fully saturated rings. The molecule has 5 heteroatoms. The summed E-state index contributed by atoms with van der Waals surface area (Å²) in [6, 6.07) is 10.2. The Labute approximate surface area is 114 Å². The fraction of sp³-hybridized carbons (Fsp3) is 0.133. The number of nitrogens with zero attached hydrogens (tertiary/aromatic N) is 2. The summed E-state index contributed by atoms with van der Waals surface area (Å²) in [5.41, 5.74) is 1.24. The summed E-state index contributed by atoms with van der Waals surface area (Å²) in [4.78, 5) is 5.82. The maximum Gasteiger partial charge on any atom is 0.417 e. The standard InChI is InChI=1S/C15H11F3N2/c16-15(17,18)12-7-8-14(19-10-12)20-9-3-5-11-4-1-2-6-13(11)20/h1-8,10H,9H2. The molecule has 0 aliphatic carbocycles. The van der Waals surface area contributed by atoms with Gasteiger partial charge in [-0.2, -0.15) is 13.2 Å². The normalized spacial score (nSPS) is 14.2. The highest BCUT2D eigenvalue weighted by atomic mass is 19.4. The fourth-order valence-electron chi connectivity index (χ4n) is 2.19. The van der Waals surface area contributed by atoms with Crippen molar-refractivity contribution in [1.29, 1.82) is 0 Å². The first-order valence-corrected chi connectivity index (χ1v) is 6.12. The van der Waals surface area contributed by atoms with Crippen molar-refractivity contribution in [3.8, 4) is 0 Å². The van der Waals surface area contributed by atoms with E-state index in [2.05, 4.69) is 4.98 Å². The number of alkyl halides is 3. The maximum absolute atomic E-state index is 12.5. The monoisotopic (exact) mass is 276 g/mol. The predicted molar refractivity (Wildman–Crippen MR) is 71.7 cm³/mol. The molecule has 0 atom stereocenters. The third-order valence-electron chi connectivity index (χ3n) is 3.16. The Kier molecular flexibility index (Phi) is 2.97. The van der Waals surface area contributed by atoms with Crippen LogP contribution in [0, 0.1) is 0 Å². The van der Waals surface area contributed by atoms with Crippen LogP contribution in [0.15, 0.2) is 48.7 Å². The smallest absolute Gasteiger partial charge is 0.322 e. The molecule has 1 aliphatic rings. The number of aromatic nitrogens is 1. The third-order valence-corrected chi connectivity index (χ3v) is 3.16. The number of anilines is 2. The molecule has 0 radical (unpaired) electrons. The number of pyridine rings is 1. The summed E-state index contributed by atoms with van der Waals surface area (Å²) in [5.74, 6) is 0.509. The van der Waals surface area contributed by atoms with Gasteiger partial charge in [-0.3, -0.25) is 0 Å². The highest BCUT2D eigenvalue weighted by Gasteiger charge is 2.31. The molecule has 102 valence electrons. The van der Waals surface area contributed by atoms with Gasteiger partial charge in [0, 0.05) is 18.4 Å². The molecule has 0 amide bonds. The molecule has 2 aromatic rings. The number of rotatable bonds is 1. The van der Waals surface area contributed by atoms with Gasteiger partial charge < -0.3 is 4.90 Å². The molecule has 2 heterocycles. The summed E-state index contributed by atoms with van der Waals surface area (Å²) < 4.78 is 37.6. The summed E-state index contributed by atoms with van der Waals surface area (Å²) in [5, 5.41) is 0. The first-order valence-electron chi connectivity index (χ1n) is 6.12. The lowest BCUT2D eigenvalue weighted by Crippen LogP contribution is -2.21. The summed E-state index contributed by atoms with van der Waals surface area (Å²) in [7, 11) is 0. The van der Waals surface area contributed by atoms with Crippen LogP contribution in [-0.2, 0) is 6.18 Å². The summed E-state index contributed by atoms with van der Waals surface area (Å²) >= 11 is 0. The van der Waals surface area contributed by atoms with Crippen LogP contribution in [0.5, 0.6) is 0 Å². The lowest BCUT2D eigenvalue weighted by atomic mass is 10.1. The van der Waals surface area contributed by atoms with Crippen LogP contribution in [0.25, 0.3) is 6.08 Å². The molecular weight excluding hydrogens is 265 g/mol. The van der Waals surface area contributed by atoms with Crippen LogP contribution in [0.3, 0.4) is 0 Å². The van der Waals surface area contributed by atoms with Crippen LogP contribution < -0.4 is 4.90 Å². The van der Waals surface area contributed by atoms with E-state index in [-0.39, 0.29) is 0 Å². The van der Waals surface area contributed by atoms with Crippen molar-refractivity contribution in [3.05, 3.63) is 59.8 Å². The van der Waals surface area contributed by atoms with Crippen molar-refractivity contribution >= 4 is 17.6 Å². The van der Waals surface area contributed by atoms with Gasteiger partial charge in [-0.05, 0) is 23.8 Å². The van der Waals surface area contributed by atoms with E-state index in [1.807, 2.05) is 41.3 Å². The Morgan fingerprint density at radius 2 is 1.85 bits per heavy atom.